The Hall–Kier alpha value is -3.26. The highest BCUT2D eigenvalue weighted by atomic mass is 32.1. The number of anilines is 1. The van der Waals surface area contributed by atoms with E-state index in [2.05, 4.69) is 11.1 Å². The summed E-state index contributed by atoms with van der Waals surface area (Å²) in [4.78, 5) is 30.4. The Morgan fingerprint density at radius 2 is 2.00 bits per heavy atom. The zero-order valence-electron chi connectivity index (χ0n) is 14.5. The van der Waals surface area contributed by atoms with E-state index < -0.39 is 4.92 Å². The second kappa shape index (κ2) is 6.81. The van der Waals surface area contributed by atoms with Crippen LogP contribution in [-0.4, -0.2) is 16.2 Å². The third kappa shape index (κ3) is 3.39. The normalized spacial score (nSPS) is 14.0. The molecular weight excluding hydrogens is 364 g/mol. The van der Waals surface area contributed by atoms with Gasteiger partial charge in [0.15, 0.2) is 4.80 Å². The lowest BCUT2D eigenvalue weighted by atomic mass is 10.2. The molecule has 1 aromatic heterocycles. The van der Waals surface area contributed by atoms with Gasteiger partial charge in [-0.1, -0.05) is 23.5 Å². The molecule has 0 unspecified atom stereocenters. The lowest BCUT2D eigenvalue weighted by Crippen LogP contribution is -2.42. The zero-order chi connectivity index (χ0) is 19.0. The fourth-order valence-electron chi connectivity index (χ4n) is 2.94. The minimum absolute atomic E-state index is 0.0261. The minimum Gasteiger partial charge on any atom is -0.334 e. The van der Waals surface area contributed by atoms with Crippen molar-refractivity contribution < 1.29 is 4.92 Å². The highest BCUT2D eigenvalue weighted by Gasteiger charge is 2.16. The maximum absolute atomic E-state index is 12.8. The number of nitro groups is 1. The van der Waals surface area contributed by atoms with Crippen LogP contribution in [-0.2, 0) is 6.67 Å². The quantitative estimate of drug-likeness (QED) is 0.514. The molecular formula is C19H16N4O3S. The van der Waals surface area contributed by atoms with Gasteiger partial charge >= 0.3 is 0 Å². The lowest BCUT2D eigenvalue weighted by molar-refractivity contribution is -0.384. The van der Waals surface area contributed by atoms with Gasteiger partial charge in [0.2, 0.25) is 0 Å². The molecule has 8 heteroatoms. The molecule has 0 atom stereocenters. The number of non-ortho nitro benzene ring substituents is 1. The van der Waals surface area contributed by atoms with Crippen LogP contribution in [0.25, 0.3) is 6.08 Å². The van der Waals surface area contributed by atoms with Crippen molar-refractivity contribution in [2.75, 3.05) is 11.6 Å². The van der Waals surface area contributed by atoms with E-state index in [1.807, 2.05) is 30.0 Å². The predicted molar refractivity (Wildman–Crippen MR) is 105 cm³/mol. The van der Waals surface area contributed by atoms with Crippen molar-refractivity contribution in [3.8, 4) is 0 Å². The van der Waals surface area contributed by atoms with E-state index in [4.69, 9.17) is 0 Å². The van der Waals surface area contributed by atoms with Crippen LogP contribution in [0, 0.1) is 17.0 Å². The van der Waals surface area contributed by atoms with Gasteiger partial charge in [-0.05, 0) is 48.4 Å². The molecule has 0 aliphatic carbocycles. The lowest BCUT2D eigenvalue weighted by Gasteiger charge is -2.25. The Morgan fingerprint density at radius 1 is 1.22 bits per heavy atom. The fraction of sp³-hybridized carbons (Fsp3) is 0.158. The zero-order valence-corrected chi connectivity index (χ0v) is 15.3. The summed E-state index contributed by atoms with van der Waals surface area (Å²) in [6.45, 7) is 2.98. The number of thiazole rings is 1. The number of hydrogen-bond donors (Lipinski definition) is 0. The molecule has 3 aromatic rings. The molecule has 2 aromatic carbocycles. The topological polar surface area (TPSA) is 80.7 Å². The summed E-state index contributed by atoms with van der Waals surface area (Å²) in [6, 6.07) is 14.2. The van der Waals surface area contributed by atoms with E-state index in [-0.39, 0.29) is 11.2 Å². The molecule has 0 bridgehead atoms. The average Bonchev–Trinajstić information content (AvgIpc) is 2.97. The van der Waals surface area contributed by atoms with E-state index in [1.165, 1.54) is 23.5 Å². The third-order valence-electron chi connectivity index (χ3n) is 4.35. The van der Waals surface area contributed by atoms with Crippen molar-refractivity contribution in [3.63, 3.8) is 0 Å². The molecule has 27 heavy (non-hydrogen) atoms. The van der Waals surface area contributed by atoms with Crippen LogP contribution in [0.1, 0.15) is 11.1 Å². The monoisotopic (exact) mass is 380 g/mol. The largest absolute Gasteiger partial charge is 0.334 e. The van der Waals surface area contributed by atoms with Gasteiger partial charge in [0.1, 0.15) is 13.3 Å². The van der Waals surface area contributed by atoms with Gasteiger partial charge in [-0.3, -0.25) is 19.5 Å². The van der Waals surface area contributed by atoms with Crippen molar-refractivity contribution >= 4 is 28.8 Å². The molecule has 1 aliphatic heterocycles. The number of nitrogens with zero attached hydrogens (tertiary/aromatic N) is 4. The van der Waals surface area contributed by atoms with Gasteiger partial charge in [-0.2, -0.15) is 0 Å². The summed E-state index contributed by atoms with van der Waals surface area (Å²) >= 11 is 1.34. The van der Waals surface area contributed by atoms with Crippen molar-refractivity contribution in [2.24, 2.45) is 4.99 Å². The molecule has 136 valence electrons. The summed E-state index contributed by atoms with van der Waals surface area (Å²) in [5.74, 6) is 0. The number of nitro benzene ring substituents is 1. The Morgan fingerprint density at radius 3 is 2.70 bits per heavy atom. The van der Waals surface area contributed by atoms with Gasteiger partial charge in [-0.15, -0.1) is 0 Å². The molecule has 0 spiro atoms. The van der Waals surface area contributed by atoms with Crippen molar-refractivity contribution in [3.05, 3.63) is 89.5 Å². The molecule has 0 fully saturated rings. The first-order valence-corrected chi connectivity index (χ1v) is 9.15. The fourth-order valence-corrected chi connectivity index (χ4v) is 3.91. The molecule has 7 nitrogen and oxygen atoms in total. The number of rotatable bonds is 3. The predicted octanol–water partition coefficient (Wildman–Crippen LogP) is 2.01. The molecule has 0 amide bonds. The summed E-state index contributed by atoms with van der Waals surface area (Å²) in [7, 11) is 0. The smallest absolute Gasteiger partial charge is 0.271 e. The Labute approximate surface area is 158 Å². The van der Waals surface area contributed by atoms with E-state index in [1.54, 1.807) is 22.8 Å². The molecule has 0 saturated heterocycles. The summed E-state index contributed by atoms with van der Waals surface area (Å²) < 4.78 is 2.22. The van der Waals surface area contributed by atoms with Gasteiger partial charge in [0.25, 0.3) is 11.2 Å². The van der Waals surface area contributed by atoms with Crippen molar-refractivity contribution in [1.29, 1.82) is 0 Å². The summed E-state index contributed by atoms with van der Waals surface area (Å²) in [5, 5.41) is 10.8. The second-order valence-electron chi connectivity index (χ2n) is 6.29. The van der Waals surface area contributed by atoms with Crippen LogP contribution in [0.15, 0.2) is 58.3 Å². The SMILES string of the molecule is Cc1cccc(N2CN=c3sc(=Cc4ccc([N+](=O)[O-])cc4)c(=O)n3C2)c1. The molecule has 2 heterocycles. The van der Waals surface area contributed by atoms with Gasteiger partial charge in [-0.25, -0.2) is 4.99 Å². The van der Waals surface area contributed by atoms with E-state index in [9.17, 15) is 14.9 Å². The van der Waals surface area contributed by atoms with E-state index >= 15 is 0 Å². The van der Waals surface area contributed by atoms with Gasteiger partial charge in [0, 0.05) is 17.8 Å². The first kappa shape index (κ1) is 17.2. The average molecular weight is 380 g/mol. The third-order valence-corrected chi connectivity index (χ3v) is 5.39. The van der Waals surface area contributed by atoms with Gasteiger partial charge in [0.05, 0.1) is 9.46 Å². The number of benzene rings is 2. The molecule has 0 saturated carbocycles. The summed E-state index contributed by atoms with van der Waals surface area (Å²) in [5.41, 5.74) is 2.85. The molecule has 4 rings (SSSR count). The number of fused-ring (bicyclic) bond motifs is 1. The number of aromatic nitrogens is 1. The van der Waals surface area contributed by atoms with Crippen molar-refractivity contribution in [1.82, 2.24) is 4.57 Å². The Bertz CT molecular complexity index is 1190. The number of aryl methyl sites for hydroxylation is 1. The highest BCUT2D eigenvalue weighted by molar-refractivity contribution is 7.07. The standard InChI is InChI=1S/C19H16N4O3S/c1-13-3-2-4-16(9-13)21-11-20-19-22(12-21)18(24)17(27-19)10-14-5-7-15(8-6-14)23(25)26/h2-10H,11-12H2,1H3. The Balaban J connectivity index is 1.68. The first-order valence-electron chi connectivity index (χ1n) is 8.33. The maximum atomic E-state index is 12.8. The van der Waals surface area contributed by atoms with Crippen LogP contribution in [0.4, 0.5) is 11.4 Å². The van der Waals surface area contributed by atoms with E-state index in [0.29, 0.717) is 22.7 Å². The summed E-state index contributed by atoms with van der Waals surface area (Å²) in [6.07, 6.45) is 1.74. The maximum Gasteiger partial charge on any atom is 0.271 e. The second-order valence-corrected chi connectivity index (χ2v) is 7.30. The van der Waals surface area contributed by atoms with Gasteiger partial charge < -0.3 is 4.90 Å². The Kier molecular flexibility index (Phi) is 4.33. The van der Waals surface area contributed by atoms with Crippen LogP contribution >= 0.6 is 11.3 Å². The highest BCUT2D eigenvalue weighted by Crippen LogP contribution is 2.17. The van der Waals surface area contributed by atoms with Crippen LogP contribution in [0.2, 0.25) is 0 Å². The minimum atomic E-state index is -0.443. The number of hydrogen-bond acceptors (Lipinski definition) is 6. The molecule has 1 aliphatic rings. The van der Waals surface area contributed by atoms with Crippen molar-refractivity contribution in [2.45, 2.75) is 13.6 Å². The molecule has 0 N–H and O–H groups in total. The van der Waals surface area contributed by atoms with Crippen LogP contribution in [0.3, 0.4) is 0 Å². The van der Waals surface area contributed by atoms with Crippen LogP contribution < -0.4 is 19.8 Å². The molecule has 0 radical (unpaired) electrons. The van der Waals surface area contributed by atoms with E-state index in [0.717, 1.165) is 16.8 Å². The van der Waals surface area contributed by atoms with Crippen LogP contribution in [0.5, 0.6) is 0 Å². The first-order chi connectivity index (χ1) is 13.0.